The molecule has 0 amide bonds. The summed E-state index contributed by atoms with van der Waals surface area (Å²) in [6.45, 7) is 4.23. The summed E-state index contributed by atoms with van der Waals surface area (Å²) >= 11 is 0. The molecule has 1 aromatic carbocycles. The van der Waals surface area contributed by atoms with Gasteiger partial charge >= 0.3 is 0 Å². The fraction of sp³-hybridized carbons (Fsp3) is 0.562. The monoisotopic (exact) mass is 264 g/mol. The van der Waals surface area contributed by atoms with Crippen LogP contribution >= 0.6 is 0 Å². The minimum atomic E-state index is -0.685. The van der Waals surface area contributed by atoms with Gasteiger partial charge < -0.3 is 4.74 Å². The van der Waals surface area contributed by atoms with Crippen LogP contribution in [-0.2, 0) is 4.74 Å². The minimum Gasteiger partial charge on any atom is -0.367 e. The highest BCUT2D eigenvalue weighted by Crippen LogP contribution is 2.35. The second-order valence-electron chi connectivity index (χ2n) is 5.28. The molecule has 1 aromatic rings. The van der Waals surface area contributed by atoms with Crippen LogP contribution in [0.1, 0.15) is 54.9 Å². The first-order valence-electron chi connectivity index (χ1n) is 7.04. The van der Waals surface area contributed by atoms with Crippen molar-refractivity contribution in [3.8, 4) is 0 Å². The van der Waals surface area contributed by atoms with E-state index in [0.717, 1.165) is 32.1 Å². The normalized spacial score (nSPS) is 18.3. The van der Waals surface area contributed by atoms with Crippen LogP contribution in [0.5, 0.6) is 0 Å². The minimum absolute atomic E-state index is 0.0200. The summed E-state index contributed by atoms with van der Waals surface area (Å²) in [5.41, 5.74) is 0.599. The maximum atomic E-state index is 13.2. The topological polar surface area (TPSA) is 26.3 Å². The predicted octanol–water partition coefficient (Wildman–Crippen LogP) is 4.06. The van der Waals surface area contributed by atoms with Crippen molar-refractivity contribution in [2.75, 3.05) is 6.61 Å². The lowest BCUT2D eigenvalue weighted by molar-refractivity contribution is -0.0411. The van der Waals surface area contributed by atoms with E-state index in [0.29, 0.717) is 17.7 Å². The van der Waals surface area contributed by atoms with Crippen molar-refractivity contribution in [1.82, 2.24) is 0 Å². The molecule has 0 radical (unpaired) electrons. The van der Waals surface area contributed by atoms with Crippen molar-refractivity contribution >= 4 is 5.78 Å². The molecule has 1 saturated carbocycles. The first kappa shape index (κ1) is 14.2. The van der Waals surface area contributed by atoms with Crippen LogP contribution in [0.15, 0.2) is 18.2 Å². The number of Topliss-reactive ketones (excluding diaryl/α,β-unsaturated/α-hetero) is 1. The average Bonchev–Trinajstić information content (AvgIpc) is 2.39. The number of hydrogen-bond acceptors (Lipinski definition) is 2. The highest BCUT2D eigenvalue weighted by molar-refractivity contribution is 6.03. The zero-order valence-electron chi connectivity index (χ0n) is 11.7. The van der Waals surface area contributed by atoms with E-state index in [2.05, 4.69) is 0 Å². The number of carbonyl (C=O) groups excluding carboxylic acids is 1. The lowest BCUT2D eigenvalue weighted by Crippen LogP contribution is -2.43. The fourth-order valence-electron chi connectivity index (χ4n) is 2.96. The molecule has 2 rings (SSSR count). The van der Waals surface area contributed by atoms with Gasteiger partial charge in [-0.3, -0.25) is 4.79 Å². The van der Waals surface area contributed by atoms with Crippen molar-refractivity contribution < 1.29 is 13.9 Å². The second-order valence-corrected chi connectivity index (χ2v) is 5.28. The number of ether oxygens (including phenoxy) is 1. The molecule has 1 aliphatic carbocycles. The van der Waals surface area contributed by atoms with E-state index in [1.807, 2.05) is 6.92 Å². The van der Waals surface area contributed by atoms with Crippen molar-refractivity contribution in [3.63, 3.8) is 0 Å². The van der Waals surface area contributed by atoms with Crippen LogP contribution in [0.2, 0.25) is 0 Å². The van der Waals surface area contributed by atoms with Crippen LogP contribution in [0.25, 0.3) is 0 Å². The Morgan fingerprint density at radius 3 is 2.58 bits per heavy atom. The molecular weight excluding hydrogens is 243 g/mol. The van der Waals surface area contributed by atoms with Crippen LogP contribution in [-0.4, -0.2) is 18.0 Å². The molecule has 0 saturated heterocycles. The van der Waals surface area contributed by atoms with Crippen molar-refractivity contribution in [3.05, 3.63) is 35.1 Å². The third-order valence-corrected chi connectivity index (χ3v) is 3.93. The van der Waals surface area contributed by atoms with Gasteiger partial charge in [-0.05, 0) is 50.5 Å². The molecule has 104 valence electrons. The molecule has 0 N–H and O–H groups in total. The molecule has 0 aromatic heterocycles. The van der Waals surface area contributed by atoms with Crippen molar-refractivity contribution in [2.24, 2.45) is 0 Å². The Bertz CT molecular complexity index is 456. The third kappa shape index (κ3) is 2.86. The smallest absolute Gasteiger partial charge is 0.194 e. The zero-order valence-corrected chi connectivity index (χ0v) is 11.7. The summed E-state index contributed by atoms with van der Waals surface area (Å²) in [6.07, 6.45) is 4.75. The van der Waals surface area contributed by atoms with E-state index < -0.39 is 5.60 Å². The quantitative estimate of drug-likeness (QED) is 0.767. The molecule has 0 heterocycles. The van der Waals surface area contributed by atoms with Crippen LogP contribution in [0.3, 0.4) is 0 Å². The van der Waals surface area contributed by atoms with E-state index >= 15 is 0 Å². The highest BCUT2D eigenvalue weighted by atomic mass is 19.1. The number of rotatable bonds is 4. The summed E-state index contributed by atoms with van der Waals surface area (Å²) in [5, 5.41) is 0. The Morgan fingerprint density at radius 1 is 1.32 bits per heavy atom. The van der Waals surface area contributed by atoms with E-state index in [1.54, 1.807) is 13.0 Å². The molecule has 1 fully saturated rings. The number of halogens is 1. The Balaban J connectivity index is 2.33. The second kappa shape index (κ2) is 5.83. The molecule has 0 aliphatic heterocycles. The van der Waals surface area contributed by atoms with Gasteiger partial charge in [0.1, 0.15) is 11.4 Å². The Labute approximate surface area is 114 Å². The molecule has 19 heavy (non-hydrogen) atoms. The van der Waals surface area contributed by atoms with Crippen molar-refractivity contribution in [2.45, 2.75) is 51.6 Å². The molecule has 3 heteroatoms. The lowest BCUT2D eigenvalue weighted by Gasteiger charge is -2.35. The van der Waals surface area contributed by atoms with Gasteiger partial charge in [-0.2, -0.15) is 0 Å². The summed E-state index contributed by atoms with van der Waals surface area (Å²) in [7, 11) is 0. The summed E-state index contributed by atoms with van der Waals surface area (Å²) in [5.74, 6) is -0.283. The van der Waals surface area contributed by atoms with Gasteiger partial charge in [0, 0.05) is 12.2 Å². The van der Waals surface area contributed by atoms with Crippen LogP contribution < -0.4 is 0 Å². The number of ketones is 1. The average molecular weight is 264 g/mol. The Kier molecular flexibility index (Phi) is 4.35. The van der Waals surface area contributed by atoms with E-state index in [1.165, 1.54) is 12.1 Å². The molecule has 0 spiro atoms. The van der Waals surface area contributed by atoms with Crippen LogP contribution in [0.4, 0.5) is 4.39 Å². The van der Waals surface area contributed by atoms with E-state index in [-0.39, 0.29) is 11.6 Å². The van der Waals surface area contributed by atoms with E-state index in [4.69, 9.17) is 4.74 Å². The fourth-order valence-corrected chi connectivity index (χ4v) is 2.96. The lowest BCUT2D eigenvalue weighted by atomic mass is 9.78. The highest BCUT2D eigenvalue weighted by Gasteiger charge is 2.41. The Morgan fingerprint density at radius 2 is 2.00 bits per heavy atom. The van der Waals surface area contributed by atoms with Gasteiger partial charge in [-0.25, -0.2) is 4.39 Å². The molecule has 1 aliphatic rings. The number of hydrogen-bond donors (Lipinski definition) is 0. The maximum Gasteiger partial charge on any atom is 0.194 e. The molecule has 2 nitrogen and oxygen atoms in total. The van der Waals surface area contributed by atoms with Gasteiger partial charge in [0.05, 0.1) is 0 Å². The number of aryl methyl sites for hydroxylation is 1. The predicted molar refractivity (Wildman–Crippen MR) is 72.9 cm³/mol. The zero-order chi connectivity index (χ0) is 13.9. The summed E-state index contributed by atoms with van der Waals surface area (Å²) in [6, 6.07) is 4.35. The van der Waals surface area contributed by atoms with Crippen molar-refractivity contribution in [1.29, 1.82) is 0 Å². The van der Waals surface area contributed by atoms with E-state index in [9.17, 15) is 9.18 Å². The number of carbonyl (C=O) groups is 1. The molecule has 0 unspecified atom stereocenters. The van der Waals surface area contributed by atoms with Gasteiger partial charge in [0.2, 0.25) is 0 Å². The molecular formula is C16H21FO2. The largest absolute Gasteiger partial charge is 0.367 e. The summed E-state index contributed by atoms with van der Waals surface area (Å²) < 4.78 is 19.0. The first-order chi connectivity index (χ1) is 9.09. The van der Waals surface area contributed by atoms with Gasteiger partial charge in [-0.15, -0.1) is 0 Å². The molecule has 0 atom stereocenters. The maximum absolute atomic E-state index is 13.2. The molecule has 0 bridgehead atoms. The standard InChI is InChI=1S/C16H21FO2/c1-3-19-16(9-5-4-6-10-16)15(18)14-8-7-13(17)11-12(14)2/h7-8,11H,3-6,9-10H2,1-2H3. The third-order valence-electron chi connectivity index (χ3n) is 3.93. The number of benzene rings is 1. The van der Waals surface area contributed by atoms with Gasteiger partial charge in [0.25, 0.3) is 0 Å². The summed E-state index contributed by atoms with van der Waals surface area (Å²) in [4.78, 5) is 12.8. The van der Waals surface area contributed by atoms with Crippen LogP contribution in [0, 0.1) is 12.7 Å². The van der Waals surface area contributed by atoms with Gasteiger partial charge in [0.15, 0.2) is 5.78 Å². The SMILES string of the molecule is CCOC1(C(=O)c2ccc(F)cc2C)CCCCC1. The first-order valence-corrected chi connectivity index (χ1v) is 7.04. The van der Waals surface area contributed by atoms with Gasteiger partial charge in [-0.1, -0.05) is 19.3 Å². The Hall–Kier alpha value is -1.22.